The average molecular weight is 243 g/mol. The monoisotopic (exact) mass is 243 g/mol. The lowest BCUT2D eigenvalue weighted by atomic mass is 9.97. The van der Waals surface area contributed by atoms with Crippen LogP contribution in [0.25, 0.3) is 0 Å². The quantitative estimate of drug-likeness (QED) is 0.632. The normalized spacial score (nSPS) is 16.3. The number of hydrogen-bond acceptors (Lipinski definition) is 3. The Hall–Kier alpha value is -0.570. The van der Waals surface area contributed by atoms with E-state index in [4.69, 9.17) is 10.5 Å². The fourth-order valence-corrected chi connectivity index (χ4v) is 1.88. The van der Waals surface area contributed by atoms with Crippen LogP contribution in [0.4, 0.5) is 0 Å². The van der Waals surface area contributed by atoms with E-state index in [1.807, 2.05) is 6.92 Å². The van der Waals surface area contributed by atoms with Gasteiger partial charge in [-0.1, -0.05) is 46.5 Å². The van der Waals surface area contributed by atoms with Gasteiger partial charge in [-0.2, -0.15) is 0 Å². The number of ether oxygens (including phenoxy) is 1. The maximum Gasteiger partial charge on any atom is 0.325 e. The molecule has 0 heterocycles. The second-order valence-electron chi connectivity index (χ2n) is 5.18. The molecule has 0 amide bonds. The first kappa shape index (κ1) is 16.4. The highest BCUT2D eigenvalue weighted by molar-refractivity contribution is 5.79. The van der Waals surface area contributed by atoms with Crippen molar-refractivity contribution in [2.75, 3.05) is 6.61 Å². The maximum absolute atomic E-state index is 11.8. The van der Waals surface area contributed by atoms with Crippen LogP contribution < -0.4 is 5.73 Å². The number of unbranched alkanes of at least 4 members (excludes halogenated alkanes) is 1. The van der Waals surface area contributed by atoms with Gasteiger partial charge in [-0.05, 0) is 25.7 Å². The molecule has 3 heteroatoms. The van der Waals surface area contributed by atoms with Gasteiger partial charge in [0.2, 0.25) is 0 Å². The summed E-state index contributed by atoms with van der Waals surface area (Å²) in [6.07, 6.45) is 6.16. The van der Waals surface area contributed by atoms with Gasteiger partial charge in [0.25, 0.3) is 0 Å². The Morgan fingerprint density at radius 2 is 1.94 bits per heavy atom. The van der Waals surface area contributed by atoms with Crippen molar-refractivity contribution >= 4 is 5.97 Å². The van der Waals surface area contributed by atoms with Crippen LogP contribution in [-0.2, 0) is 9.53 Å². The number of esters is 1. The van der Waals surface area contributed by atoms with Crippen molar-refractivity contribution in [2.45, 2.75) is 71.8 Å². The van der Waals surface area contributed by atoms with Crippen molar-refractivity contribution in [1.29, 1.82) is 0 Å². The van der Waals surface area contributed by atoms with Crippen molar-refractivity contribution in [3.63, 3.8) is 0 Å². The second kappa shape index (κ2) is 8.51. The Balaban J connectivity index is 4.03. The third-order valence-electron chi connectivity index (χ3n) is 3.23. The summed E-state index contributed by atoms with van der Waals surface area (Å²) in [6, 6.07) is 0. The molecular weight excluding hydrogens is 214 g/mol. The minimum atomic E-state index is -0.822. The number of rotatable bonds is 9. The zero-order chi connectivity index (χ0) is 13.3. The van der Waals surface area contributed by atoms with E-state index in [1.165, 1.54) is 12.8 Å². The second-order valence-corrected chi connectivity index (χ2v) is 5.18. The molecule has 3 nitrogen and oxygen atoms in total. The van der Waals surface area contributed by atoms with Crippen molar-refractivity contribution < 1.29 is 9.53 Å². The topological polar surface area (TPSA) is 52.3 Å². The third-order valence-corrected chi connectivity index (χ3v) is 3.23. The molecular formula is C14H29NO2. The van der Waals surface area contributed by atoms with Gasteiger partial charge >= 0.3 is 5.97 Å². The molecule has 0 aliphatic rings. The predicted molar refractivity (Wildman–Crippen MR) is 71.8 cm³/mol. The lowest BCUT2D eigenvalue weighted by Crippen LogP contribution is -2.46. The molecule has 0 fully saturated rings. The summed E-state index contributed by atoms with van der Waals surface area (Å²) in [5.41, 5.74) is 5.10. The molecule has 0 saturated carbocycles. The zero-order valence-electron chi connectivity index (χ0n) is 11.9. The minimum absolute atomic E-state index is 0.255. The molecule has 0 rings (SSSR count). The third kappa shape index (κ3) is 6.67. The van der Waals surface area contributed by atoms with E-state index in [1.54, 1.807) is 6.92 Å². The van der Waals surface area contributed by atoms with E-state index in [9.17, 15) is 4.79 Å². The van der Waals surface area contributed by atoms with E-state index in [0.29, 0.717) is 18.9 Å². The lowest BCUT2D eigenvalue weighted by molar-refractivity contribution is -0.151. The smallest absolute Gasteiger partial charge is 0.325 e. The first-order valence-electron chi connectivity index (χ1n) is 6.94. The molecule has 0 aromatic rings. The Morgan fingerprint density at radius 3 is 2.41 bits per heavy atom. The van der Waals surface area contributed by atoms with Gasteiger partial charge in [-0.15, -0.1) is 0 Å². The molecule has 0 spiro atoms. The van der Waals surface area contributed by atoms with Crippen molar-refractivity contribution in [2.24, 2.45) is 11.7 Å². The Kier molecular flexibility index (Phi) is 8.23. The van der Waals surface area contributed by atoms with Gasteiger partial charge < -0.3 is 10.5 Å². The number of carbonyl (C=O) groups excluding carboxylic acids is 1. The molecule has 0 bridgehead atoms. The van der Waals surface area contributed by atoms with E-state index in [0.717, 1.165) is 19.3 Å². The van der Waals surface area contributed by atoms with E-state index in [2.05, 4.69) is 13.8 Å². The largest absolute Gasteiger partial charge is 0.464 e. The Bertz CT molecular complexity index is 214. The molecule has 102 valence electrons. The average Bonchev–Trinajstić information content (AvgIpc) is 2.28. The molecule has 2 atom stereocenters. The van der Waals surface area contributed by atoms with Gasteiger partial charge in [-0.3, -0.25) is 4.79 Å². The number of carbonyl (C=O) groups is 1. The summed E-state index contributed by atoms with van der Waals surface area (Å²) in [5, 5.41) is 0. The van der Waals surface area contributed by atoms with Crippen LogP contribution in [0.3, 0.4) is 0 Å². The summed E-state index contributed by atoms with van der Waals surface area (Å²) in [4.78, 5) is 11.8. The first-order valence-corrected chi connectivity index (χ1v) is 6.94. The minimum Gasteiger partial charge on any atom is -0.464 e. The molecule has 0 aliphatic carbocycles. The molecule has 17 heavy (non-hydrogen) atoms. The van der Waals surface area contributed by atoms with E-state index in [-0.39, 0.29) is 5.97 Å². The van der Waals surface area contributed by atoms with Crippen molar-refractivity contribution in [3.05, 3.63) is 0 Å². The van der Waals surface area contributed by atoms with Crippen LogP contribution in [0.5, 0.6) is 0 Å². The number of nitrogens with two attached hydrogens (primary N) is 1. The fraction of sp³-hybridized carbons (Fsp3) is 0.929. The molecule has 2 N–H and O–H groups in total. The van der Waals surface area contributed by atoms with Gasteiger partial charge in [0.1, 0.15) is 5.54 Å². The lowest BCUT2D eigenvalue weighted by Gasteiger charge is -2.23. The molecule has 0 aliphatic heterocycles. The highest BCUT2D eigenvalue weighted by Crippen LogP contribution is 2.16. The predicted octanol–water partition coefficient (Wildman–Crippen LogP) is 3.26. The van der Waals surface area contributed by atoms with Crippen LogP contribution in [-0.4, -0.2) is 18.1 Å². The summed E-state index contributed by atoms with van der Waals surface area (Å²) < 4.78 is 5.35. The molecule has 0 aromatic carbocycles. The van der Waals surface area contributed by atoms with Crippen LogP contribution in [0, 0.1) is 5.92 Å². The number of hydrogen-bond donors (Lipinski definition) is 1. The SMILES string of the molecule is CCCCC(CC)COC(=O)C(C)(N)CCC. The fourth-order valence-electron chi connectivity index (χ4n) is 1.88. The van der Waals surface area contributed by atoms with E-state index >= 15 is 0 Å². The van der Waals surface area contributed by atoms with Crippen LogP contribution in [0.2, 0.25) is 0 Å². The Labute approximate surface area is 106 Å². The summed E-state index contributed by atoms with van der Waals surface area (Å²) in [7, 11) is 0. The summed E-state index contributed by atoms with van der Waals surface area (Å²) in [5.74, 6) is 0.227. The molecule has 0 radical (unpaired) electrons. The summed E-state index contributed by atoms with van der Waals surface area (Å²) >= 11 is 0. The van der Waals surface area contributed by atoms with Gasteiger partial charge in [0, 0.05) is 0 Å². The van der Waals surface area contributed by atoms with Crippen LogP contribution >= 0.6 is 0 Å². The first-order chi connectivity index (χ1) is 7.97. The zero-order valence-corrected chi connectivity index (χ0v) is 11.9. The molecule has 0 aromatic heterocycles. The van der Waals surface area contributed by atoms with Crippen molar-refractivity contribution in [1.82, 2.24) is 0 Å². The van der Waals surface area contributed by atoms with Crippen LogP contribution in [0.1, 0.15) is 66.2 Å². The molecule has 2 unspecified atom stereocenters. The van der Waals surface area contributed by atoms with Gasteiger partial charge in [0.05, 0.1) is 6.61 Å². The highest BCUT2D eigenvalue weighted by atomic mass is 16.5. The maximum atomic E-state index is 11.8. The standard InChI is InChI=1S/C14H29NO2/c1-5-8-9-12(7-3)11-17-13(16)14(4,15)10-6-2/h12H,5-11,15H2,1-4H3. The Morgan fingerprint density at radius 1 is 1.29 bits per heavy atom. The highest BCUT2D eigenvalue weighted by Gasteiger charge is 2.29. The summed E-state index contributed by atoms with van der Waals surface area (Å²) in [6.45, 7) is 8.62. The van der Waals surface area contributed by atoms with Gasteiger partial charge in [0.15, 0.2) is 0 Å². The molecule has 0 saturated heterocycles. The van der Waals surface area contributed by atoms with Gasteiger partial charge in [-0.25, -0.2) is 0 Å². The van der Waals surface area contributed by atoms with Crippen molar-refractivity contribution in [3.8, 4) is 0 Å². The van der Waals surface area contributed by atoms with Crippen LogP contribution in [0.15, 0.2) is 0 Å². The van der Waals surface area contributed by atoms with E-state index < -0.39 is 5.54 Å².